The summed E-state index contributed by atoms with van der Waals surface area (Å²) in [6.07, 6.45) is 0. The van der Waals surface area contributed by atoms with Crippen LogP contribution in [0, 0.1) is 6.92 Å². The number of benzene rings is 2. The highest BCUT2D eigenvalue weighted by atomic mass is 16.5. The number of fused-ring (bicyclic) bond motifs is 1. The first-order valence-corrected chi connectivity index (χ1v) is 5.21. The summed E-state index contributed by atoms with van der Waals surface area (Å²) in [5.74, 6) is 0.521. The fourth-order valence-corrected chi connectivity index (χ4v) is 1.75. The van der Waals surface area contributed by atoms with Crippen molar-refractivity contribution in [2.45, 2.75) is 13.8 Å². The molecule has 0 heterocycles. The summed E-state index contributed by atoms with van der Waals surface area (Å²) < 4.78 is 5.26. The monoisotopic (exact) mass is 218 g/mol. The Bertz CT molecular complexity index is 532. The SMILES string of the molecule is CCOc1cc(O)c2ccc(C)cc2c1O. The first-order valence-electron chi connectivity index (χ1n) is 5.21. The first kappa shape index (κ1) is 10.6. The number of hydrogen-bond donors (Lipinski definition) is 2. The Morgan fingerprint density at radius 2 is 1.88 bits per heavy atom. The third kappa shape index (κ3) is 1.65. The van der Waals surface area contributed by atoms with E-state index < -0.39 is 0 Å². The fourth-order valence-electron chi connectivity index (χ4n) is 1.75. The summed E-state index contributed by atoms with van der Waals surface area (Å²) in [7, 11) is 0. The van der Waals surface area contributed by atoms with Crippen molar-refractivity contribution in [3.8, 4) is 17.2 Å². The molecule has 84 valence electrons. The highest BCUT2D eigenvalue weighted by molar-refractivity contribution is 5.95. The van der Waals surface area contributed by atoms with Gasteiger partial charge in [0, 0.05) is 16.8 Å². The third-order valence-corrected chi connectivity index (χ3v) is 2.51. The molecule has 16 heavy (non-hydrogen) atoms. The molecule has 0 aliphatic rings. The van der Waals surface area contributed by atoms with E-state index >= 15 is 0 Å². The molecule has 0 saturated carbocycles. The van der Waals surface area contributed by atoms with Crippen LogP contribution < -0.4 is 4.74 Å². The second-order valence-electron chi connectivity index (χ2n) is 3.72. The molecule has 0 unspecified atom stereocenters. The molecule has 2 aromatic rings. The number of hydrogen-bond acceptors (Lipinski definition) is 3. The van der Waals surface area contributed by atoms with Gasteiger partial charge in [-0.1, -0.05) is 17.7 Å². The van der Waals surface area contributed by atoms with E-state index in [1.165, 1.54) is 6.07 Å². The highest BCUT2D eigenvalue weighted by Gasteiger charge is 2.11. The topological polar surface area (TPSA) is 49.7 Å². The van der Waals surface area contributed by atoms with E-state index in [1.807, 2.05) is 26.0 Å². The zero-order valence-electron chi connectivity index (χ0n) is 9.32. The predicted molar refractivity (Wildman–Crippen MR) is 63.2 cm³/mol. The molecule has 0 amide bonds. The van der Waals surface area contributed by atoms with E-state index in [2.05, 4.69) is 0 Å². The first-order chi connectivity index (χ1) is 7.63. The Kier molecular flexibility index (Phi) is 2.60. The van der Waals surface area contributed by atoms with Gasteiger partial charge < -0.3 is 14.9 Å². The van der Waals surface area contributed by atoms with Gasteiger partial charge >= 0.3 is 0 Å². The maximum absolute atomic E-state index is 9.99. The third-order valence-electron chi connectivity index (χ3n) is 2.51. The molecule has 2 aromatic carbocycles. The average Bonchev–Trinajstić information content (AvgIpc) is 2.25. The standard InChI is InChI=1S/C13H14O3/c1-3-16-12-7-11(14)9-5-4-8(2)6-10(9)13(12)15/h4-7,14-15H,3H2,1-2H3. The Labute approximate surface area is 93.9 Å². The van der Waals surface area contributed by atoms with Crippen LogP contribution in [0.15, 0.2) is 24.3 Å². The summed E-state index contributed by atoms with van der Waals surface area (Å²) in [5.41, 5.74) is 1.02. The number of aromatic hydroxyl groups is 2. The Hall–Kier alpha value is -1.90. The van der Waals surface area contributed by atoms with Crippen molar-refractivity contribution in [2.24, 2.45) is 0 Å². The molecule has 3 heteroatoms. The quantitative estimate of drug-likeness (QED) is 0.762. The minimum Gasteiger partial charge on any atom is -0.507 e. The molecule has 0 atom stereocenters. The molecule has 3 nitrogen and oxygen atoms in total. The lowest BCUT2D eigenvalue weighted by Gasteiger charge is -2.10. The predicted octanol–water partition coefficient (Wildman–Crippen LogP) is 2.96. The maximum atomic E-state index is 9.99. The molecule has 2 rings (SSSR count). The second kappa shape index (κ2) is 3.93. The van der Waals surface area contributed by atoms with Gasteiger partial charge in [0.1, 0.15) is 5.75 Å². The van der Waals surface area contributed by atoms with Crippen molar-refractivity contribution in [1.29, 1.82) is 0 Å². The van der Waals surface area contributed by atoms with Crippen LogP contribution in [-0.2, 0) is 0 Å². The molecule has 0 aliphatic carbocycles. The Morgan fingerprint density at radius 3 is 2.56 bits per heavy atom. The van der Waals surface area contributed by atoms with Gasteiger partial charge in [-0.25, -0.2) is 0 Å². The summed E-state index contributed by atoms with van der Waals surface area (Å²) in [4.78, 5) is 0. The maximum Gasteiger partial charge on any atom is 0.165 e. The lowest BCUT2D eigenvalue weighted by atomic mass is 10.1. The van der Waals surface area contributed by atoms with Crippen LogP contribution in [0.4, 0.5) is 0 Å². The summed E-state index contributed by atoms with van der Waals surface area (Å²) in [6, 6.07) is 6.95. The second-order valence-corrected chi connectivity index (χ2v) is 3.72. The van der Waals surface area contributed by atoms with Crippen LogP contribution >= 0.6 is 0 Å². The molecule has 0 bridgehead atoms. The Morgan fingerprint density at radius 1 is 1.12 bits per heavy atom. The molecule has 2 N–H and O–H groups in total. The largest absolute Gasteiger partial charge is 0.507 e. The molecule has 0 aliphatic heterocycles. The van der Waals surface area contributed by atoms with Crippen LogP contribution in [0.25, 0.3) is 10.8 Å². The summed E-state index contributed by atoms with van der Waals surface area (Å²) >= 11 is 0. The van der Waals surface area contributed by atoms with Gasteiger partial charge in [-0.2, -0.15) is 0 Å². The van der Waals surface area contributed by atoms with Crippen LogP contribution in [0.2, 0.25) is 0 Å². The van der Waals surface area contributed by atoms with Crippen molar-refractivity contribution in [1.82, 2.24) is 0 Å². The molecule has 0 fully saturated rings. The van der Waals surface area contributed by atoms with E-state index in [1.54, 1.807) is 6.07 Å². The summed E-state index contributed by atoms with van der Waals surface area (Å²) in [6.45, 7) is 4.21. The van der Waals surface area contributed by atoms with Crippen LogP contribution in [0.3, 0.4) is 0 Å². The van der Waals surface area contributed by atoms with E-state index in [9.17, 15) is 10.2 Å². The Balaban J connectivity index is 2.75. The van der Waals surface area contributed by atoms with Gasteiger partial charge in [-0.05, 0) is 19.9 Å². The van der Waals surface area contributed by atoms with E-state index in [0.29, 0.717) is 23.1 Å². The van der Waals surface area contributed by atoms with Gasteiger partial charge in [0.15, 0.2) is 11.5 Å². The molecule has 0 radical (unpaired) electrons. The number of aryl methyl sites for hydroxylation is 1. The normalized spacial score (nSPS) is 10.6. The van der Waals surface area contributed by atoms with Crippen molar-refractivity contribution in [2.75, 3.05) is 6.61 Å². The van der Waals surface area contributed by atoms with E-state index in [4.69, 9.17) is 4.74 Å². The molecule has 0 saturated heterocycles. The number of phenols is 2. The van der Waals surface area contributed by atoms with Gasteiger partial charge in [-0.15, -0.1) is 0 Å². The summed E-state index contributed by atoms with van der Waals surface area (Å²) in [5, 5.41) is 21.0. The minimum atomic E-state index is 0.0818. The number of rotatable bonds is 2. The highest BCUT2D eigenvalue weighted by Crippen LogP contribution is 2.40. The average molecular weight is 218 g/mol. The number of ether oxygens (including phenoxy) is 1. The fraction of sp³-hybridized carbons (Fsp3) is 0.231. The molecular weight excluding hydrogens is 204 g/mol. The van der Waals surface area contributed by atoms with Crippen molar-refractivity contribution in [3.05, 3.63) is 29.8 Å². The number of phenolic OH excluding ortho intramolecular Hbond substituents is 2. The van der Waals surface area contributed by atoms with Crippen LogP contribution in [0.5, 0.6) is 17.2 Å². The zero-order chi connectivity index (χ0) is 11.7. The molecule has 0 aromatic heterocycles. The van der Waals surface area contributed by atoms with Gasteiger partial charge in [0.25, 0.3) is 0 Å². The van der Waals surface area contributed by atoms with Crippen molar-refractivity contribution >= 4 is 10.8 Å². The van der Waals surface area contributed by atoms with Gasteiger partial charge in [0.2, 0.25) is 0 Å². The zero-order valence-corrected chi connectivity index (χ0v) is 9.32. The van der Waals surface area contributed by atoms with Gasteiger partial charge in [0.05, 0.1) is 6.61 Å². The van der Waals surface area contributed by atoms with E-state index in [-0.39, 0.29) is 11.5 Å². The lowest BCUT2D eigenvalue weighted by molar-refractivity contribution is 0.318. The van der Waals surface area contributed by atoms with Gasteiger partial charge in [-0.3, -0.25) is 0 Å². The molecule has 0 spiro atoms. The minimum absolute atomic E-state index is 0.0818. The van der Waals surface area contributed by atoms with Crippen molar-refractivity contribution in [3.63, 3.8) is 0 Å². The molecular formula is C13H14O3. The van der Waals surface area contributed by atoms with E-state index in [0.717, 1.165) is 5.56 Å². The van der Waals surface area contributed by atoms with Crippen LogP contribution in [0.1, 0.15) is 12.5 Å². The smallest absolute Gasteiger partial charge is 0.165 e. The lowest BCUT2D eigenvalue weighted by Crippen LogP contribution is -1.92. The van der Waals surface area contributed by atoms with Crippen molar-refractivity contribution < 1.29 is 14.9 Å². The van der Waals surface area contributed by atoms with Crippen LogP contribution in [-0.4, -0.2) is 16.8 Å².